The first-order valence-corrected chi connectivity index (χ1v) is 5.01. The Morgan fingerprint density at radius 1 is 1.67 bits per heavy atom. The van der Waals surface area contributed by atoms with E-state index in [1.54, 1.807) is 0 Å². The van der Waals surface area contributed by atoms with Crippen LogP contribution in [0.1, 0.15) is 6.92 Å². The van der Waals surface area contributed by atoms with E-state index >= 15 is 0 Å². The van der Waals surface area contributed by atoms with E-state index in [1.807, 2.05) is 6.92 Å². The minimum Gasteiger partial charge on any atom is -0.388 e. The third kappa shape index (κ3) is 1.64. The number of likely N-dealkylation sites (N-methyl/N-ethyl adjacent to an activating group) is 1. The molecule has 1 aliphatic rings. The van der Waals surface area contributed by atoms with Gasteiger partial charge in [0.15, 0.2) is 5.03 Å². The van der Waals surface area contributed by atoms with Crippen LogP contribution in [0.4, 0.5) is 0 Å². The first-order chi connectivity index (χ1) is 5.58. The molecule has 1 rings (SSSR count). The van der Waals surface area contributed by atoms with Crippen molar-refractivity contribution in [3.05, 3.63) is 10.6 Å². The standard InChI is InChI=1S/C6H11N3O2S/c1-2-8-3-5-4-9-12(10,11)6(5)7/h4,8H,2-3,7H2,1H3. The minimum absolute atomic E-state index is 0.136. The van der Waals surface area contributed by atoms with Crippen molar-refractivity contribution in [3.63, 3.8) is 0 Å². The molecule has 0 saturated heterocycles. The highest BCUT2D eigenvalue weighted by Crippen LogP contribution is 2.13. The third-order valence-corrected chi connectivity index (χ3v) is 2.71. The zero-order chi connectivity index (χ0) is 9.19. The number of rotatable bonds is 3. The van der Waals surface area contributed by atoms with Crippen LogP contribution in [0.15, 0.2) is 15.0 Å². The van der Waals surface area contributed by atoms with Gasteiger partial charge in [0.2, 0.25) is 0 Å². The second-order valence-electron chi connectivity index (χ2n) is 2.38. The average Bonchev–Trinajstić information content (AvgIpc) is 2.26. The fraction of sp³-hybridized carbons (Fsp3) is 0.500. The van der Waals surface area contributed by atoms with Crippen molar-refractivity contribution in [3.8, 4) is 0 Å². The summed E-state index contributed by atoms with van der Waals surface area (Å²) in [5.41, 5.74) is 5.86. The lowest BCUT2D eigenvalue weighted by molar-refractivity contribution is 0.604. The van der Waals surface area contributed by atoms with Crippen LogP contribution in [0.5, 0.6) is 0 Å². The molecule has 0 radical (unpaired) electrons. The monoisotopic (exact) mass is 189 g/mol. The molecule has 0 aromatic carbocycles. The van der Waals surface area contributed by atoms with Crippen LogP contribution in [0.25, 0.3) is 0 Å². The molecule has 0 amide bonds. The number of nitrogens with one attached hydrogen (secondary N) is 1. The molecule has 68 valence electrons. The molecule has 0 spiro atoms. The molecule has 1 heterocycles. The van der Waals surface area contributed by atoms with Gasteiger partial charge in [-0.25, -0.2) is 0 Å². The second kappa shape index (κ2) is 3.24. The Balaban J connectivity index is 2.80. The Bertz CT molecular complexity index is 329. The lowest BCUT2D eigenvalue weighted by Gasteiger charge is -1.99. The van der Waals surface area contributed by atoms with Gasteiger partial charge in [-0.15, -0.1) is 0 Å². The summed E-state index contributed by atoms with van der Waals surface area (Å²) >= 11 is 0. The van der Waals surface area contributed by atoms with Gasteiger partial charge in [0.1, 0.15) is 0 Å². The van der Waals surface area contributed by atoms with Crippen molar-refractivity contribution in [1.29, 1.82) is 0 Å². The molecule has 6 heteroatoms. The zero-order valence-corrected chi connectivity index (χ0v) is 7.56. The highest BCUT2D eigenvalue weighted by atomic mass is 32.2. The normalized spacial score (nSPS) is 20.4. The van der Waals surface area contributed by atoms with E-state index in [4.69, 9.17) is 5.73 Å². The SMILES string of the molecule is CCNCC1=C(N)S(=O)(=O)N=C1. The highest BCUT2D eigenvalue weighted by molar-refractivity contribution is 7.94. The summed E-state index contributed by atoms with van der Waals surface area (Å²) in [4.78, 5) is 0. The molecule has 0 aromatic heterocycles. The number of hydrogen-bond donors (Lipinski definition) is 2. The molecule has 0 bridgehead atoms. The van der Waals surface area contributed by atoms with Gasteiger partial charge in [-0.2, -0.15) is 12.8 Å². The molecule has 0 aromatic rings. The maximum Gasteiger partial charge on any atom is 0.297 e. The fourth-order valence-corrected chi connectivity index (χ4v) is 1.65. The van der Waals surface area contributed by atoms with Gasteiger partial charge in [0.25, 0.3) is 10.0 Å². The molecule has 12 heavy (non-hydrogen) atoms. The summed E-state index contributed by atoms with van der Waals surface area (Å²) in [6, 6.07) is 0. The lowest BCUT2D eigenvalue weighted by Crippen LogP contribution is -2.19. The number of hydrogen-bond acceptors (Lipinski definition) is 4. The average molecular weight is 189 g/mol. The van der Waals surface area contributed by atoms with Gasteiger partial charge >= 0.3 is 0 Å². The van der Waals surface area contributed by atoms with Gasteiger partial charge in [0, 0.05) is 18.3 Å². The summed E-state index contributed by atoms with van der Waals surface area (Å²) in [5.74, 6) is 0. The summed E-state index contributed by atoms with van der Waals surface area (Å²) in [6.07, 6.45) is 1.29. The lowest BCUT2D eigenvalue weighted by atomic mass is 10.3. The number of nitrogens with two attached hydrogens (primary N) is 1. The first-order valence-electron chi connectivity index (χ1n) is 3.57. The fourth-order valence-electron chi connectivity index (χ4n) is 0.812. The quantitative estimate of drug-likeness (QED) is 0.607. The van der Waals surface area contributed by atoms with Crippen molar-refractivity contribution >= 4 is 16.2 Å². The van der Waals surface area contributed by atoms with Gasteiger partial charge in [0.05, 0.1) is 0 Å². The van der Waals surface area contributed by atoms with Crippen molar-refractivity contribution in [1.82, 2.24) is 5.32 Å². The first kappa shape index (κ1) is 9.21. The molecule has 3 N–H and O–H groups in total. The Kier molecular flexibility index (Phi) is 2.49. The maximum atomic E-state index is 10.9. The van der Waals surface area contributed by atoms with Crippen LogP contribution in [-0.2, 0) is 10.0 Å². The predicted molar refractivity (Wildman–Crippen MR) is 47.2 cm³/mol. The van der Waals surface area contributed by atoms with Crippen molar-refractivity contribution < 1.29 is 8.42 Å². The van der Waals surface area contributed by atoms with Crippen LogP contribution in [0.2, 0.25) is 0 Å². The molecule has 5 nitrogen and oxygen atoms in total. The van der Waals surface area contributed by atoms with E-state index in [2.05, 4.69) is 9.71 Å². The molecular weight excluding hydrogens is 178 g/mol. The van der Waals surface area contributed by atoms with E-state index in [9.17, 15) is 8.42 Å². The second-order valence-corrected chi connectivity index (χ2v) is 3.98. The Morgan fingerprint density at radius 2 is 2.33 bits per heavy atom. The molecule has 0 aliphatic carbocycles. The highest BCUT2D eigenvalue weighted by Gasteiger charge is 2.21. The van der Waals surface area contributed by atoms with Crippen LogP contribution >= 0.6 is 0 Å². The topological polar surface area (TPSA) is 84.5 Å². The summed E-state index contributed by atoms with van der Waals surface area (Å²) < 4.78 is 25.1. The minimum atomic E-state index is -3.52. The zero-order valence-electron chi connectivity index (χ0n) is 6.74. The largest absolute Gasteiger partial charge is 0.388 e. The molecule has 0 atom stereocenters. The smallest absolute Gasteiger partial charge is 0.297 e. The van der Waals surface area contributed by atoms with E-state index in [-0.39, 0.29) is 5.03 Å². The summed E-state index contributed by atoms with van der Waals surface area (Å²) in [7, 11) is -3.52. The molecule has 0 fully saturated rings. The van der Waals surface area contributed by atoms with Crippen LogP contribution in [-0.4, -0.2) is 27.7 Å². The maximum absolute atomic E-state index is 10.9. The number of sulfonamides is 1. The van der Waals surface area contributed by atoms with Crippen LogP contribution in [0, 0.1) is 0 Å². The summed E-state index contributed by atoms with van der Waals surface area (Å²) in [5, 5.41) is 2.83. The number of nitrogens with zero attached hydrogens (tertiary/aromatic N) is 1. The molecule has 0 unspecified atom stereocenters. The van der Waals surface area contributed by atoms with Gasteiger partial charge in [-0.05, 0) is 6.54 Å². The molecule has 0 saturated carbocycles. The van der Waals surface area contributed by atoms with Crippen molar-refractivity contribution in [2.24, 2.45) is 10.1 Å². The molecule has 1 aliphatic heterocycles. The van der Waals surface area contributed by atoms with E-state index in [1.165, 1.54) is 6.21 Å². The van der Waals surface area contributed by atoms with E-state index in [0.29, 0.717) is 12.1 Å². The Hall–Kier alpha value is -0.880. The van der Waals surface area contributed by atoms with Crippen LogP contribution in [0.3, 0.4) is 0 Å². The van der Waals surface area contributed by atoms with E-state index in [0.717, 1.165) is 6.54 Å². The Labute approximate surface area is 71.4 Å². The summed E-state index contributed by atoms with van der Waals surface area (Å²) in [6.45, 7) is 3.15. The van der Waals surface area contributed by atoms with Crippen LogP contribution < -0.4 is 11.1 Å². The predicted octanol–water partition coefficient (Wildman–Crippen LogP) is -0.820. The van der Waals surface area contributed by atoms with Crippen molar-refractivity contribution in [2.45, 2.75) is 6.92 Å². The Morgan fingerprint density at radius 3 is 2.75 bits per heavy atom. The van der Waals surface area contributed by atoms with Gasteiger partial charge in [-0.3, -0.25) is 0 Å². The van der Waals surface area contributed by atoms with Crippen molar-refractivity contribution in [2.75, 3.05) is 13.1 Å². The van der Waals surface area contributed by atoms with Gasteiger partial charge < -0.3 is 11.1 Å². The van der Waals surface area contributed by atoms with E-state index < -0.39 is 10.0 Å². The molecular formula is C6H11N3O2S. The van der Waals surface area contributed by atoms with Gasteiger partial charge in [-0.1, -0.05) is 6.92 Å². The third-order valence-electron chi connectivity index (χ3n) is 1.51.